The van der Waals surface area contributed by atoms with Crippen LogP contribution >= 0.6 is 0 Å². The first kappa shape index (κ1) is 19.2. The molecular weight excluding hydrogens is 280 g/mol. The molecule has 0 atom stereocenters. The van der Waals surface area contributed by atoms with E-state index in [0.29, 0.717) is 13.2 Å². The van der Waals surface area contributed by atoms with E-state index < -0.39 is 0 Å². The molecule has 6 heteroatoms. The third-order valence-corrected chi connectivity index (χ3v) is 3.88. The van der Waals surface area contributed by atoms with Crippen molar-refractivity contribution in [2.45, 2.75) is 26.2 Å². The summed E-state index contributed by atoms with van der Waals surface area (Å²) >= 11 is 0. The zero-order chi connectivity index (χ0) is 16.0. The van der Waals surface area contributed by atoms with E-state index in [1.807, 2.05) is 0 Å². The van der Waals surface area contributed by atoms with Crippen molar-refractivity contribution in [3.63, 3.8) is 0 Å². The Morgan fingerprint density at radius 1 is 1.18 bits per heavy atom. The number of rotatable bonds is 10. The molecule has 0 aromatic heterocycles. The van der Waals surface area contributed by atoms with Crippen LogP contribution in [0.15, 0.2) is 4.99 Å². The Balaban J connectivity index is 2.15. The molecule has 1 aliphatic heterocycles. The van der Waals surface area contributed by atoms with Crippen LogP contribution in [0.3, 0.4) is 0 Å². The van der Waals surface area contributed by atoms with Crippen LogP contribution in [0.4, 0.5) is 0 Å². The third-order valence-electron chi connectivity index (χ3n) is 3.88. The van der Waals surface area contributed by atoms with Gasteiger partial charge in [0.15, 0.2) is 5.96 Å². The van der Waals surface area contributed by atoms with Crippen LogP contribution < -0.4 is 10.6 Å². The summed E-state index contributed by atoms with van der Waals surface area (Å²) in [6.45, 7) is 9.27. The lowest BCUT2D eigenvalue weighted by Gasteiger charge is -2.28. The first-order valence-corrected chi connectivity index (χ1v) is 8.53. The molecule has 0 saturated carbocycles. The Morgan fingerprint density at radius 3 is 2.64 bits per heavy atom. The molecule has 0 unspecified atom stereocenters. The highest BCUT2D eigenvalue weighted by atomic mass is 16.5. The maximum Gasteiger partial charge on any atom is 0.191 e. The second-order valence-electron chi connectivity index (χ2n) is 5.85. The molecule has 0 aliphatic carbocycles. The van der Waals surface area contributed by atoms with Crippen LogP contribution in [-0.2, 0) is 9.47 Å². The van der Waals surface area contributed by atoms with Gasteiger partial charge < -0.3 is 25.0 Å². The van der Waals surface area contributed by atoms with Crippen LogP contribution in [0.25, 0.3) is 0 Å². The van der Waals surface area contributed by atoms with Gasteiger partial charge >= 0.3 is 0 Å². The largest absolute Gasteiger partial charge is 0.382 e. The molecule has 0 aromatic rings. The van der Waals surface area contributed by atoms with Gasteiger partial charge in [-0.2, -0.15) is 0 Å². The van der Waals surface area contributed by atoms with Gasteiger partial charge in [-0.15, -0.1) is 0 Å². The van der Waals surface area contributed by atoms with E-state index in [0.717, 1.165) is 44.5 Å². The number of piperidine rings is 1. The molecular formula is C16H34N4O2. The minimum Gasteiger partial charge on any atom is -0.382 e. The van der Waals surface area contributed by atoms with E-state index in [9.17, 15) is 0 Å². The van der Waals surface area contributed by atoms with Crippen molar-refractivity contribution < 1.29 is 9.47 Å². The number of nitrogens with zero attached hydrogens (tertiary/aromatic N) is 2. The fourth-order valence-corrected chi connectivity index (χ4v) is 2.43. The predicted octanol–water partition coefficient (Wildman–Crippen LogP) is 0.936. The summed E-state index contributed by atoms with van der Waals surface area (Å²) in [4.78, 5) is 7.12. The zero-order valence-electron chi connectivity index (χ0n) is 14.6. The van der Waals surface area contributed by atoms with Crippen molar-refractivity contribution in [2.75, 3.05) is 66.7 Å². The molecule has 1 heterocycles. The van der Waals surface area contributed by atoms with Crippen molar-refractivity contribution >= 4 is 5.96 Å². The Labute approximate surface area is 135 Å². The van der Waals surface area contributed by atoms with Crippen molar-refractivity contribution in [2.24, 2.45) is 10.9 Å². The highest BCUT2D eigenvalue weighted by molar-refractivity contribution is 5.79. The van der Waals surface area contributed by atoms with Gasteiger partial charge in [0.2, 0.25) is 0 Å². The quantitative estimate of drug-likeness (QED) is 0.357. The summed E-state index contributed by atoms with van der Waals surface area (Å²) < 4.78 is 10.4. The minimum atomic E-state index is 0.661. The summed E-state index contributed by atoms with van der Waals surface area (Å²) in [5.74, 6) is 1.65. The average Bonchev–Trinajstić information content (AvgIpc) is 2.53. The molecule has 1 rings (SSSR count). The highest BCUT2D eigenvalue weighted by Crippen LogP contribution is 2.15. The number of aliphatic imine (C=N–C) groups is 1. The van der Waals surface area contributed by atoms with Gasteiger partial charge in [0.1, 0.15) is 0 Å². The zero-order valence-corrected chi connectivity index (χ0v) is 14.6. The number of nitrogens with one attached hydrogen (secondary N) is 2. The summed E-state index contributed by atoms with van der Waals surface area (Å²) in [7, 11) is 3.88. The monoisotopic (exact) mass is 314 g/mol. The van der Waals surface area contributed by atoms with Gasteiger partial charge in [-0.25, -0.2) is 0 Å². The number of hydrogen-bond acceptors (Lipinski definition) is 4. The fraction of sp³-hybridized carbons (Fsp3) is 0.938. The number of methoxy groups -OCH3 is 1. The lowest BCUT2D eigenvalue weighted by Crippen LogP contribution is -2.39. The lowest BCUT2D eigenvalue weighted by atomic mass is 9.97. The second-order valence-corrected chi connectivity index (χ2v) is 5.85. The summed E-state index contributed by atoms with van der Waals surface area (Å²) in [5, 5.41) is 6.69. The molecule has 1 aliphatic rings. The Hall–Kier alpha value is -0.850. The fourth-order valence-electron chi connectivity index (χ4n) is 2.43. The maximum absolute atomic E-state index is 5.45. The molecule has 0 amide bonds. The van der Waals surface area contributed by atoms with Crippen molar-refractivity contribution in [3.05, 3.63) is 0 Å². The lowest BCUT2D eigenvalue weighted by molar-refractivity contribution is 0.0698. The molecule has 0 aromatic carbocycles. The molecule has 0 bridgehead atoms. The normalized spacial score (nSPS) is 17.7. The number of guanidine groups is 1. The van der Waals surface area contributed by atoms with Crippen LogP contribution in [0, 0.1) is 5.92 Å². The Kier molecular flexibility index (Phi) is 11.1. The topological polar surface area (TPSA) is 58.1 Å². The smallest absolute Gasteiger partial charge is 0.191 e. The Morgan fingerprint density at radius 2 is 1.95 bits per heavy atom. The summed E-state index contributed by atoms with van der Waals surface area (Å²) in [6.07, 6.45) is 3.49. The van der Waals surface area contributed by atoms with Crippen LogP contribution in [0.2, 0.25) is 0 Å². The van der Waals surface area contributed by atoms with Gasteiger partial charge in [-0.05, 0) is 52.2 Å². The molecule has 6 nitrogen and oxygen atoms in total. The van der Waals surface area contributed by atoms with E-state index in [-0.39, 0.29) is 0 Å². The average molecular weight is 314 g/mol. The summed E-state index contributed by atoms with van der Waals surface area (Å²) in [6, 6.07) is 0. The maximum atomic E-state index is 5.45. The van der Waals surface area contributed by atoms with Crippen molar-refractivity contribution in [1.29, 1.82) is 0 Å². The van der Waals surface area contributed by atoms with E-state index in [1.165, 1.54) is 25.9 Å². The first-order chi connectivity index (χ1) is 10.8. The van der Waals surface area contributed by atoms with Crippen LogP contribution in [-0.4, -0.2) is 77.6 Å². The summed E-state index contributed by atoms with van der Waals surface area (Å²) in [5.41, 5.74) is 0. The van der Waals surface area contributed by atoms with Crippen LogP contribution in [0.5, 0.6) is 0 Å². The van der Waals surface area contributed by atoms with E-state index in [2.05, 4.69) is 29.5 Å². The second kappa shape index (κ2) is 12.7. The number of likely N-dealkylation sites (tertiary alicyclic amines) is 1. The molecule has 1 saturated heterocycles. The van der Waals surface area contributed by atoms with Crippen LogP contribution in [0.1, 0.15) is 26.2 Å². The minimum absolute atomic E-state index is 0.661. The molecule has 22 heavy (non-hydrogen) atoms. The van der Waals surface area contributed by atoms with E-state index in [1.54, 1.807) is 7.11 Å². The highest BCUT2D eigenvalue weighted by Gasteiger charge is 2.16. The van der Waals surface area contributed by atoms with Crippen molar-refractivity contribution in [1.82, 2.24) is 15.5 Å². The first-order valence-electron chi connectivity index (χ1n) is 8.53. The van der Waals surface area contributed by atoms with Gasteiger partial charge in [0, 0.05) is 33.4 Å². The number of hydrogen-bond donors (Lipinski definition) is 2. The third kappa shape index (κ3) is 9.23. The Bertz CT molecular complexity index is 292. The predicted molar refractivity (Wildman–Crippen MR) is 91.5 cm³/mol. The number of ether oxygens (including phenoxy) is 2. The van der Waals surface area contributed by atoms with E-state index >= 15 is 0 Å². The van der Waals surface area contributed by atoms with E-state index in [4.69, 9.17) is 14.5 Å². The molecule has 130 valence electrons. The van der Waals surface area contributed by atoms with Gasteiger partial charge in [0.25, 0.3) is 0 Å². The molecule has 1 fully saturated rings. The molecule has 2 N–H and O–H groups in total. The molecule has 0 spiro atoms. The van der Waals surface area contributed by atoms with Gasteiger partial charge in [-0.3, -0.25) is 4.99 Å². The molecule has 0 radical (unpaired) electrons. The van der Waals surface area contributed by atoms with Gasteiger partial charge in [-0.1, -0.05) is 0 Å². The van der Waals surface area contributed by atoms with Gasteiger partial charge in [0.05, 0.1) is 13.2 Å². The van der Waals surface area contributed by atoms with Crippen molar-refractivity contribution in [3.8, 4) is 0 Å². The standard InChI is InChI=1S/C16H34N4O2/c1-4-17-16(18-8-5-11-22-13-12-21-3)19-14-15-6-9-20(2)10-7-15/h15H,4-14H2,1-3H3,(H2,17,18,19). The SMILES string of the molecule is CCNC(=NCC1CCN(C)CC1)NCCCOCCOC.